The van der Waals surface area contributed by atoms with E-state index in [1.165, 1.54) is 11.3 Å². The number of thioether (sulfide) groups is 1. The van der Waals surface area contributed by atoms with Crippen LogP contribution in [0.4, 0.5) is 5.13 Å². The van der Waals surface area contributed by atoms with Crippen molar-refractivity contribution in [3.8, 4) is 11.2 Å². The number of thiazole rings is 1. The summed E-state index contributed by atoms with van der Waals surface area (Å²) >= 11 is 2.48. The third-order valence-corrected chi connectivity index (χ3v) is 3.23. The first-order valence-corrected chi connectivity index (χ1v) is 5.68. The number of thiocyanates is 1. The lowest BCUT2D eigenvalue weighted by Gasteiger charge is -2.01. The standard InChI is InChI=1S/C9H7N3OS2/c1-13-6-2-5(14-4-10)3-7-8(6)12-9(11)15-7/h2-3H,1H3,(H2,11,12). The number of aromatic nitrogens is 1. The van der Waals surface area contributed by atoms with E-state index in [1.54, 1.807) is 13.2 Å². The Morgan fingerprint density at radius 2 is 2.40 bits per heavy atom. The summed E-state index contributed by atoms with van der Waals surface area (Å²) in [7, 11) is 1.57. The van der Waals surface area contributed by atoms with Gasteiger partial charge in [-0.25, -0.2) is 4.98 Å². The van der Waals surface area contributed by atoms with Crippen molar-refractivity contribution in [1.29, 1.82) is 5.26 Å². The summed E-state index contributed by atoms with van der Waals surface area (Å²) in [6, 6.07) is 3.68. The molecule has 1 aromatic heterocycles. The number of ether oxygens (including phenoxy) is 1. The van der Waals surface area contributed by atoms with Crippen molar-refractivity contribution in [1.82, 2.24) is 4.98 Å². The van der Waals surface area contributed by atoms with Crippen molar-refractivity contribution in [2.45, 2.75) is 4.90 Å². The Kier molecular flexibility index (Phi) is 2.66. The molecule has 6 heteroatoms. The molecule has 0 saturated carbocycles. The van der Waals surface area contributed by atoms with Gasteiger partial charge in [-0.3, -0.25) is 0 Å². The highest BCUT2D eigenvalue weighted by Crippen LogP contribution is 2.35. The Balaban J connectivity index is 2.66. The fourth-order valence-corrected chi connectivity index (χ4v) is 2.57. The van der Waals surface area contributed by atoms with E-state index in [1.807, 2.05) is 11.5 Å². The van der Waals surface area contributed by atoms with E-state index in [4.69, 9.17) is 15.7 Å². The average molecular weight is 237 g/mol. The maximum Gasteiger partial charge on any atom is 0.181 e. The highest BCUT2D eigenvalue weighted by molar-refractivity contribution is 8.03. The highest BCUT2D eigenvalue weighted by Gasteiger charge is 2.09. The first-order chi connectivity index (χ1) is 7.24. The van der Waals surface area contributed by atoms with Gasteiger partial charge in [-0.15, -0.1) is 0 Å². The van der Waals surface area contributed by atoms with Gasteiger partial charge in [0.2, 0.25) is 0 Å². The van der Waals surface area contributed by atoms with Crippen LogP contribution in [-0.4, -0.2) is 12.1 Å². The molecule has 1 heterocycles. The number of fused-ring (bicyclic) bond motifs is 1. The zero-order chi connectivity index (χ0) is 10.8. The summed E-state index contributed by atoms with van der Waals surface area (Å²) in [4.78, 5) is 5.00. The van der Waals surface area contributed by atoms with Crippen LogP contribution >= 0.6 is 23.1 Å². The molecule has 0 radical (unpaired) electrons. The van der Waals surface area contributed by atoms with Crippen LogP contribution in [0.3, 0.4) is 0 Å². The van der Waals surface area contributed by atoms with Crippen molar-refractivity contribution in [3.63, 3.8) is 0 Å². The van der Waals surface area contributed by atoms with Crippen molar-refractivity contribution in [2.75, 3.05) is 12.8 Å². The summed E-state index contributed by atoms with van der Waals surface area (Å²) in [5, 5.41) is 11.1. The number of rotatable bonds is 2. The van der Waals surface area contributed by atoms with Gasteiger partial charge in [0.1, 0.15) is 16.7 Å². The molecular formula is C9H7N3OS2. The number of benzene rings is 1. The zero-order valence-electron chi connectivity index (χ0n) is 7.85. The Morgan fingerprint density at radius 3 is 3.07 bits per heavy atom. The summed E-state index contributed by atoms with van der Waals surface area (Å²) < 4.78 is 6.13. The second-order valence-electron chi connectivity index (χ2n) is 2.72. The normalized spacial score (nSPS) is 10.1. The van der Waals surface area contributed by atoms with Crippen molar-refractivity contribution < 1.29 is 4.74 Å². The molecule has 0 unspecified atom stereocenters. The number of hydrogen-bond acceptors (Lipinski definition) is 6. The molecule has 76 valence electrons. The number of nitrogens with zero attached hydrogens (tertiary/aromatic N) is 2. The van der Waals surface area contributed by atoms with E-state index in [0.717, 1.165) is 26.9 Å². The van der Waals surface area contributed by atoms with Crippen LogP contribution in [0.5, 0.6) is 5.75 Å². The largest absolute Gasteiger partial charge is 0.494 e. The maximum absolute atomic E-state index is 8.60. The van der Waals surface area contributed by atoms with Gasteiger partial charge >= 0.3 is 0 Å². The Labute approximate surface area is 94.7 Å². The SMILES string of the molecule is COc1cc(SC#N)cc2sc(N)nc12. The van der Waals surface area contributed by atoms with Gasteiger partial charge in [-0.1, -0.05) is 11.3 Å². The van der Waals surface area contributed by atoms with E-state index < -0.39 is 0 Å². The number of anilines is 1. The van der Waals surface area contributed by atoms with Crippen LogP contribution in [0.25, 0.3) is 10.2 Å². The van der Waals surface area contributed by atoms with E-state index in [9.17, 15) is 0 Å². The van der Waals surface area contributed by atoms with Gasteiger partial charge in [0.15, 0.2) is 5.13 Å². The van der Waals surface area contributed by atoms with Crippen LogP contribution in [0.2, 0.25) is 0 Å². The quantitative estimate of drug-likeness (QED) is 0.641. The molecule has 2 N–H and O–H groups in total. The van der Waals surface area contributed by atoms with Gasteiger partial charge in [-0.2, -0.15) is 5.26 Å². The van der Waals surface area contributed by atoms with Crippen LogP contribution < -0.4 is 10.5 Å². The Bertz CT molecular complexity index is 544. The number of nitrogens with two attached hydrogens (primary N) is 1. The van der Waals surface area contributed by atoms with Crippen molar-refractivity contribution in [2.24, 2.45) is 0 Å². The van der Waals surface area contributed by atoms with Gasteiger partial charge in [0, 0.05) is 4.90 Å². The number of methoxy groups -OCH3 is 1. The van der Waals surface area contributed by atoms with Crippen molar-refractivity contribution >= 4 is 38.4 Å². The smallest absolute Gasteiger partial charge is 0.181 e. The second-order valence-corrected chi connectivity index (χ2v) is 4.64. The predicted octanol–water partition coefficient (Wildman–Crippen LogP) is 2.46. The van der Waals surface area contributed by atoms with Gasteiger partial charge < -0.3 is 10.5 Å². The van der Waals surface area contributed by atoms with E-state index in [2.05, 4.69) is 4.98 Å². The molecule has 4 nitrogen and oxygen atoms in total. The molecule has 0 fully saturated rings. The minimum absolute atomic E-state index is 0.502. The molecule has 15 heavy (non-hydrogen) atoms. The molecule has 0 aliphatic carbocycles. The molecule has 0 amide bonds. The molecular weight excluding hydrogens is 230 g/mol. The molecule has 0 spiro atoms. The summed E-state index contributed by atoms with van der Waals surface area (Å²) in [5.74, 6) is 0.651. The van der Waals surface area contributed by atoms with Crippen LogP contribution in [0, 0.1) is 10.7 Å². The maximum atomic E-state index is 8.60. The lowest BCUT2D eigenvalue weighted by Crippen LogP contribution is -1.86. The van der Waals surface area contributed by atoms with Gasteiger partial charge in [-0.05, 0) is 23.9 Å². The molecule has 0 bridgehead atoms. The second kappa shape index (κ2) is 3.96. The van der Waals surface area contributed by atoms with Crippen LogP contribution in [-0.2, 0) is 0 Å². The third-order valence-electron chi connectivity index (χ3n) is 1.83. The average Bonchev–Trinajstić information content (AvgIpc) is 2.57. The third kappa shape index (κ3) is 1.84. The number of hydrogen-bond donors (Lipinski definition) is 1. The van der Waals surface area contributed by atoms with Crippen molar-refractivity contribution in [3.05, 3.63) is 12.1 Å². The van der Waals surface area contributed by atoms with Gasteiger partial charge in [0.05, 0.1) is 11.8 Å². The molecule has 0 atom stereocenters. The zero-order valence-corrected chi connectivity index (χ0v) is 9.48. The molecule has 0 aliphatic heterocycles. The highest BCUT2D eigenvalue weighted by atomic mass is 32.2. The summed E-state index contributed by atoms with van der Waals surface area (Å²) in [5.41, 5.74) is 6.37. The Hall–Kier alpha value is -1.45. The van der Waals surface area contributed by atoms with E-state index in [0.29, 0.717) is 10.9 Å². The first-order valence-electron chi connectivity index (χ1n) is 4.04. The lowest BCUT2D eigenvalue weighted by molar-refractivity contribution is 0.418. The lowest BCUT2D eigenvalue weighted by atomic mass is 10.3. The van der Waals surface area contributed by atoms with E-state index in [-0.39, 0.29) is 0 Å². The molecule has 1 aromatic carbocycles. The fourth-order valence-electron chi connectivity index (χ4n) is 1.26. The number of nitrogen functional groups attached to an aromatic ring is 1. The minimum atomic E-state index is 0.502. The number of nitriles is 1. The summed E-state index contributed by atoms with van der Waals surface area (Å²) in [6.07, 6.45) is 0. The van der Waals surface area contributed by atoms with Crippen LogP contribution in [0.15, 0.2) is 17.0 Å². The predicted molar refractivity (Wildman–Crippen MR) is 62.1 cm³/mol. The molecule has 0 aliphatic rings. The first kappa shape index (κ1) is 10.1. The van der Waals surface area contributed by atoms with E-state index >= 15 is 0 Å². The van der Waals surface area contributed by atoms with Crippen LogP contribution in [0.1, 0.15) is 0 Å². The minimum Gasteiger partial charge on any atom is -0.494 e. The van der Waals surface area contributed by atoms with Gasteiger partial charge in [0.25, 0.3) is 0 Å². The Morgan fingerprint density at radius 1 is 1.60 bits per heavy atom. The monoisotopic (exact) mass is 237 g/mol. The fraction of sp³-hybridized carbons (Fsp3) is 0.111. The molecule has 2 aromatic rings. The molecule has 2 rings (SSSR count). The molecule has 0 saturated heterocycles. The topological polar surface area (TPSA) is 71.9 Å². The summed E-state index contributed by atoms with van der Waals surface area (Å²) in [6.45, 7) is 0.